The first-order valence-electron chi connectivity index (χ1n) is 16.4. The first kappa shape index (κ1) is 26.1. The monoisotopic (exact) mass is 626 g/mol. The van der Waals surface area contributed by atoms with Gasteiger partial charge in [-0.1, -0.05) is 103 Å². The molecule has 0 unspecified atom stereocenters. The molecule has 0 spiro atoms. The Labute approximate surface area is 279 Å². The van der Waals surface area contributed by atoms with E-state index in [1.165, 1.54) is 85.5 Å². The van der Waals surface area contributed by atoms with Crippen LogP contribution in [0.25, 0.3) is 107 Å². The van der Waals surface area contributed by atoms with Crippen LogP contribution in [0.4, 0.5) is 0 Å². The minimum Gasteiger partial charge on any atom is -0.456 e. The minimum absolute atomic E-state index is 0.911. The molecule has 11 rings (SSSR count). The molecule has 0 saturated carbocycles. The van der Waals surface area contributed by atoms with Gasteiger partial charge < -0.3 is 4.42 Å². The molecule has 2 aromatic heterocycles. The van der Waals surface area contributed by atoms with Gasteiger partial charge >= 0.3 is 0 Å². The van der Waals surface area contributed by atoms with E-state index >= 15 is 0 Å². The van der Waals surface area contributed by atoms with E-state index in [1.807, 2.05) is 11.3 Å². The van der Waals surface area contributed by atoms with Crippen LogP contribution in [-0.2, 0) is 0 Å². The quantitative estimate of drug-likeness (QED) is 0.174. The molecule has 2 heterocycles. The Morgan fingerprint density at radius 1 is 0.292 bits per heavy atom. The fraction of sp³-hybridized carbons (Fsp3) is 0. The number of furan rings is 1. The summed E-state index contributed by atoms with van der Waals surface area (Å²) in [5.74, 6) is 0. The Bertz CT molecular complexity index is 3120. The Morgan fingerprint density at radius 2 is 0.812 bits per heavy atom. The van der Waals surface area contributed by atoms with Gasteiger partial charge in [-0.05, 0) is 120 Å². The smallest absolute Gasteiger partial charge is 0.135 e. The van der Waals surface area contributed by atoms with Crippen molar-refractivity contribution in [2.45, 2.75) is 0 Å². The zero-order valence-electron chi connectivity index (χ0n) is 25.8. The van der Waals surface area contributed by atoms with Crippen LogP contribution in [0.15, 0.2) is 162 Å². The number of rotatable bonds is 2. The summed E-state index contributed by atoms with van der Waals surface area (Å²) in [4.78, 5) is 0. The zero-order valence-corrected chi connectivity index (χ0v) is 26.6. The summed E-state index contributed by atoms with van der Waals surface area (Å²) in [5.41, 5.74) is 6.62. The fourth-order valence-electron chi connectivity index (χ4n) is 7.86. The average molecular weight is 627 g/mol. The molecule has 1 nitrogen and oxygen atoms in total. The molecule has 48 heavy (non-hydrogen) atoms. The maximum absolute atomic E-state index is 6.34. The van der Waals surface area contributed by atoms with Crippen LogP contribution in [-0.4, -0.2) is 0 Å². The number of benzene rings is 9. The second kappa shape index (κ2) is 9.78. The van der Waals surface area contributed by atoms with Gasteiger partial charge in [-0.15, -0.1) is 11.3 Å². The van der Waals surface area contributed by atoms with Crippen LogP contribution < -0.4 is 0 Å². The molecule has 0 N–H and O–H groups in total. The molecule has 9 aromatic carbocycles. The lowest BCUT2D eigenvalue weighted by Gasteiger charge is -2.13. The maximum atomic E-state index is 6.34. The van der Waals surface area contributed by atoms with Gasteiger partial charge in [-0.3, -0.25) is 0 Å². The number of hydrogen-bond donors (Lipinski definition) is 0. The van der Waals surface area contributed by atoms with Crippen molar-refractivity contribution in [1.82, 2.24) is 0 Å². The van der Waals surface area contributed by atoms with Crippen molar-refractivity contribution in [1.29, 1.82) is 0 Å². The highest BCUT2D eigenvalue weighted by Crippen LogP contribution is 2.43. The second-order valence-corrected chi connectivity index (χ2v) is 14.0. The normalized spacial score (nSPS) is 12.2. The maximum Gasteiger partial charge on any atom is 0.135 e. The largest absolute Gasteiger partial charge is 0.456 e. The van der Waals surface area contributed by atoms with E-state index in [9.17, 15) is 0 Å². The van der Waals surface area contributed by atoms with Crippen molar-refractivity contribution in [3.05, 3.63) is 158 Å². The van der Waals surface area contributed by atoms with Gasteiger partial charge in [-0.2, -0.15) is 0 Å². The third-order valence-electron chi connectivity index (χ3n) is 10.2. The molecule has 11 aromatic rings. The van der Waals surface area contributed by atoms with Crippen molar-refractivity contribution in [2.24, 2.45) is 0 Å². The summed E-state index contributed by atoms with van der Waals surface area (Å²) in [6, 6.07) is 57.9. The van der Waals surface area contributed by atoms with Gasteiger partial charge in [-0.25, -0.2) is 0 Å². The van der Waals surface area contributed by atoms with E-state index < -0.39 is 0 Å². The Balaban J connectivity index is 1.10. The van der Waals surface area contributed by atoms with Gasteiger partial charge in [0.05, 0.1) is 0 Å². The van der Waals surface area contributed by atoms with Crippen molar-refractivity contribution >= 4 is 96.5 Å². The molecule has 0 radical (unpaired) electrons. The van der Waals surface area contributed by atoms with Gasteiger partial charge in [0.1, 0.15) is 11.2 Å². The number of hydrogen-bond acceptors (Lipinski definition) is 2. The SMILES string of the molecule is c1ccc2cc(-c3ccc4oc5ccc(-c6ccc7c(c6)c6ccccc6c6cc8c(cc76)sc6ccccc68)cc5c4c3)ccc2c1. The molecule has 0 aliphatic heterocycles. The highest BCUT2D eigenvalue weighted by Gasteiger charge is 2.15. The summed E-state index contributed by atoms with van der Waals surface area (Å²) in [5, 5.41) is 15.3. The first-order valence-corrected chi connectivity index (χ1v) is 17.2. The molecular weight excluding hydrogens is 601 g/mol. The van der Waals surface area contributed by atoms with E-state index in [-0.39, 0.29) is 0 Å². The molecule has 0 amide bonds. The zero-order chi connectivity index (χ0) is 31.3. The van der Waals surface area contributed by atoms with Crippen LogP contribution in [0.1, 0.15) is 0 Å². The van der Waals surface area contributed by atoms with Crippen LogP contribution in [0.3, 0.4) is 0 Å². The summed E-state index contributed by atoms with van der Waals surface area (Å²) < 4.78 is 9.01. The third-order valence-corrected chi connectivity index (χ3v) is 11.4. The average Bonchev–Trinajstić information content (AvgIpc) is 3.71. The van der Waals surface area contributed by atoms with E-state index in [0.29, 0.717) is 0 Å². The lowest BCUT2D eigenvalue weighted by Crippen LogP contribution is -1.85. The van der Waals surface area contributed by atoms with Gasteiger partial charge in [0, 0.05) is 30.9 Å². The summed E-state index contributed by atoms with van der Waals surface area (Å²) >= 11 is 1.88. The van der Waals surface area contributed by atoms with Crippen molar-refractivity contribution in [3.8, 4) is 22.3 Å². The molecule has 0 aliphatic rings. The molecule has 0 atom stereocenters. The topological polar surface area (TPSA) is 13.1 Å². The Morgan fingerprint density at radius 3 is 1.56 bits per heavy atom. The highest BCUT2D eigenvalue weighted by molar-refractivity contribution is 7.25. The first-order chi connectivity index (χ1) is 23.7. The number of thiophene rings is 1. The van der Waals surface area contributed by atoms with Gasteiger partial charge in [0.25, 0.3) is 0 Å². The predicted octanol–water partition coefficient (Wildman–Crippen LogP) is 13.9. The van der Waals surface area contributed by atoms with Crippen LogP contribution in [0.5, 0.6) is 0 Å². The van der Waals surface area contributed by atoms with E-state index in [4.69, 9.17) is 4.42 Å². The van der Waals surface area contributed by atoms with Gasteiger partial charge in [0.2, 0.25) is 0 Å². The van der Waals surface area contributed by atoms with Crippen LogP contribution in [0.2, 0.25) is 0 Å². The fourth-order valence-corrected chi connectivity index (χ4v) is 8.98. The predicted molar refractivity (Wildman–Crippen MR) is 208 cm³/mol. The molecule has 0 saturated heterocycles. The summed E-state index contributed by atoms with van der Waals surface area (Å²) in [7, 11) is 0. The highest BCUT2D eigenvalue weighted by atomic mass is 32.1. The third kappa shape index (κ3) is 3.78. The van der Waals surface area contributed by atoms with Crippen LogP contribution >= 0.6 is 11.3 Å². The molecule has 2 heteroatoms. The van der Waals surface area contributed by atoms with E-state index in [0.717, 1.165) is 21.9 Å². The summed E-state index contributed by atoms with van der Waals surface area (Å²) in [6.07, 6.45) is 0. The minimum atomic E-state index is 0.911. The molecular formula is C46H26OS. The Kier molecular flexibility index (Phi) is 5.32. The van der Waals surface area contributed by atoms with E-state index in [1.54, 1.807) is 0 Å². The number of fused-ring (bicyclic) bond motifs is 13. The second-order valence-electron chi connectivity index (χ2n) is 12.9. The molecule has 0 fully saturated rings. The van der Waals surface area contributed by atoms with Crippen molar-refractivity contribution < 1.29 is 4.42 Å². The van der Waals surface area contributed by atoms with E-state index in [2.05, 4.69) is 158 Å². The van der Waals surface area contributed by atoms with Crippen molar-refractivity contribution in [2.75, 3.05) is 0 Å². The summed E-state index contributed by atoms with van der Waals surface area (Å²) in [6.45, 7) is 0. The molecule has 222 valence electrons. The Hall–Kier alpha value is -5.96. The molecule has 0 aliphatic carbocycles. The standard InChI is InChI=1S/C46H26OS/c1-2-8-28-21-29(14-13-27(28)7-1)31-16-19-43-40(23-31)41-24-32(17-20-44(41)47-43)30-15-18-35-37(22-30)33-9-3-4-10-34(33)38-25-42-36-11-5-6-12-45(36)48-46(42)26-39(35)38/h1-26H. The lowest BCUT2D eigenvalue weighted by atomic mass is 9.91. The van der Waals surface area contributed by atoms with Crippen molar-refractivity contribution in [3.63, 3.8) is 0 Å². The molecule has 0 bridgehead atoms. The van der Waals surface area contributed by atoms with Crippen LogP contribution in [0, 0.1) is 0 Å². The van der Waals surface area contributed by atoms with Gasteiger partial charge in [0.15, 0.2) is 0 Å². The lowest BCUT2D eigenvalue weighted by molar-refractivity contribution is 0.669.